The number of hydrogen-bond acceptors (Lipinski definition) is 1. The van der Waals surface area contributed by atoms with E-state index in [4.69, 9.17) is 4.74 Å². The molecule has 0 aromatic heterocycles. The van der Waals surface area contributed by atoms with Crippen LogP contribution in [0.4, 0.5) is 0 Å². The van der Waals surface area contributed by atoms with Crippen molar-refractivity contribution in [3.05, 3.63) is 0 Å². The lowest BCUT2D eigenvalue weighted by molar-refractivity contribution is 0.0837. The quantitative estimate of drug-likeness (QED) is 0.491. The van der Waals surface area contributed by atoms with Crippen LogP contribution < -0.4 is 0 Å². The summed E-state index contributed by atoms with van der Waals surface area (Å²) in [4.78, 5) is 0. The molecule has 1 atom stereocenters. The minimum absolute atomic E-state index is 0.525. The fourth-order valence-electron chi connectivity index (χ4n) is 1.61. The zero-order valence-electron chi connectivity index (χ0n) is 9.64. The van der Waals surface area contributed by atoms with Crippen LogP contribution in [-0.2, 0) is 4.74 Å². The maximum atomic E-state index is 5.43. The zero-order valence-corrected chi connectivity index (χ0v) is 9.64. The summed E-state index contributed by atoms with van der Waals surface area (Å²) in [5, 5.41) is 0. The van der Waals surface area contributed by atoms with E-state index in [-0.39, 0.29) is 0 Å². The molecule has 80 valence electrons. The molecule has 0 saturated carbocycles. The molecule has 0 aliphatic heterocycles. The van der Waals surface area contributed by atoms with Gasteiger partial charge in [0.15, 0.2) is 0 Å². The van der Waals surface area contributed by atoms with Crippen molar-refractivity contribution in [2.45, 2.75) is 71.3 Å². The largest absolute Gasteiger partial charge is 0.381 e. The molecular formula is C12H26O. The van der Waals surface area contributed by atoms with E-state index in [1.165, 1.54) is 51.4 Å². The van der Waals surface area contributed by atoms with E-state index in [2.05, 4.69) is 13.8 Å². The molecule has 1 unspecified atom stereocenters. The smallest absolute Gasteiger partial charge is 0.0571 e. The van der Waals surface area contributed by atoms with Gasteiger partial charge in [0.1, 0.15) is 0 Å². The van der Waals surface area contributed by atoms with Gasteiger partial charge in [-0.3, -0.25) is 0 Å². The van der Waals surface area contributed by atoms with Crippen molar-refractivity contribution in [2.75, 3.05) is 7.11 Å². The predicted octanol–water partition coefficient (Wildman–Crippen LogP) is 4.16. The summed E-state index contributed by atoms with van der Waals surface area (Å²) < 4.78 is 5.43. The third-order valence-corrected chi connectivity index (χ3v) is 2.59. The Hall–Kier alpha value is -0.0400. The molecule has 1 heteroatoms. The monoisotopic (exact) mass is 186 g/mol. The van der Waals surface area contributed by atoms with Crippen molar-refractivity contribution in [2.24, 2.45) is 0 Å². The Morgan fingerprint density at radius 2 is 1.46 bits per heavy atom. The zero-order chi connectivity index (χ0) is 9.94. The number of ether oxygens (including phenoxy) is 1. The van der Waals surface area contributed by atoms with Gasteiger partial charge in [0.2, 0.25) is 0 Å². The Morgan fingerprint density at radius 1 is 0.846 bits per heavy atom. The third kappa shape index (κ3) is 8.29. The van der Waals surface area contributed by atoms with Crippen LogP contribution in [0.25, 0.3) is 0 Å². The molecule has 0 amide bonds. The minimum Gasteiger partial charge on any atom is -0.381 e. The summed E-state index contributed by atoms with van der Waals surface area (Å²) in [7, 11) is 1.85. The summed E-state index contributed by atoms with van der Waals surface area (Å²) in [6, 6.07) is 0. The highest BCUT2D eigenvalue weighted by Gasteiger charge is 2.05. The number of hydrogen-bond donors (Lipinski definition) is 0. The lowest BCUT2D eigenvalue weighted by Gasteiger charge is -2.14. The second-order valence-corrected chi connectivity index (χ2v) is 3.85. The highest BCUT2D eigenvalue weighted by molar-refractivity contribution is 4.57. The van der Waals surface area contributed by atoms with E-state index >= 15 is 0 Å². The maximum Gasteiger partial charge on any atom is 0.0571 e. The second-order valence-electron chi connectivity index (χ2n) is 3.85. The van der Waals surface area contributed by atoms with Crippen molar-refractivity contribution < 1.29 is 4.74 Å². The van der Waals surface area contributed by atoms with Crippen LogP contribution in [-0.4, -0.2) is 13.2 Å². The molecule has 0 aliphatic rings. The summed E-state index contributed by atoms with van der Waals surface area (Å²) in [5.41, 5.74) is 0. The van der Waals surface area contributed by atoms with Crippen LogP contribution in [0.5, 0.6) is 0 Å². The Morgan fingerprint density at radius 3 is 2.00 bits per heavy atom. The van der Waals surface area contributed by atoms with E-state index < -0.39 is 0 Å². The Kier molecular flexibility index (Phi) is 10.0. The Bertz CT molecular complexity index is 91.1. The SMILES string of the molecule is CCCCCCC(CCCC)OC. The third-order valence-electron chi connectivity index (χ3n) is 2.59. The van der Waals surface area contributed by atoms with E-state index in [0.29, 0.717) is 6.10 Å². The summed E-state index contributed by atoms with van der Waals surface area (Å²) in [6.07, 6.45) is 11.1. The first-order valence-electron chi connectivity index (χ1n) is 5.87. The normalized spacial score (nSPS) is 13.2. The maximum absolute atomic E-state index is 5.43. The number of rotatable bonds is 9. The van der Waals surface area contributed by atoms with Crippen LogP contribution in [0, 0.1) is 0 Å². The van der Waals surface area contributed by atoms with Crippen molar-refractivity contribution in [1.82, 2.24) is 0 Å². The number of unbranched alkanes of at least 4 members (excludes halogenated alkanes) is 4. The van der Waals surface area contributed by atoms with E-state index in [1.54, 1.807) is 0 Å². The van der Waals surface area contributed by atoms with E-state index in [0.717, 1.165) is 0 Å². The molecule has 13 heavy (non-hydrogen) atoms. The average molecular weight is 186 g/mol. The molecule has 0 heterocycles. The molecule has 0 aliphatic carbocycles. The van der Waals surface area contributed by atoms with Gasteiger partial charge in [-0.1, -0.05) is 52.4 Å². The first-order chi connectivity index (χ1) is 6.35. The summed E-state index contributed by atoms with van der Waals surface area (Å²) in [6.45, 7) is 4.49. The topological polar surface area (TPSA) is 9.23 Å². The molecule has 0 rings (SSSR count). The van der Waals surface area contributed by atoms with Crippen LogP contribution in [0.2, 0.25) is 0 Å². The standard InChI is InChI=1S/C12H26O/c1-4-6-8-9-11-12(13-3)10-7-5-2/h12H,4-11H2,1-3H3. The molecule has 0 aromatic carbocycles. The molecule has 0 spiro atoms. The molecule has 0 bridgehead atoms. The minimum atomic E-state index is 0.525. The molecule has 1 nitrogen and oxygen atoms in total. The van der Waals surface area contributed by atoms with E-state index in [9.17, 15) is 0 Å². The van der Waals surface area contributed by atoms with Crippen LogP contribution in [0.3, 0.4) is 0 Å². The molecule has 0 radical (unpaired) electrons. The van der Waals surface area contributed by atoms with Gasteiger partial charge >= 0.3 is 0 Å². The molecular weight excluding hydrogens is 160 g/mol. The Labute approximate surface area is 83.9 Å². The van der Waals surface area contributed by atoms with Gasteiger partial charge in [-0.25, -0.2) is 0 Å². The molecule has 0 saturated heterocycles. The van der Waals surface area contributed by atoms with Gasteiger partial charge in [0, 0.05) is 7.11 Å². The van der Waals surface area contributed by atoms with Gasteiger partial charge in [0.05, 0.1) is 6.10 Å². The van der Waals surface area contributed by atoms with Crippen molar-refractivity contribution in [1.29, 1.82) is 0 Å². The molecule has 0 aromatic rings. The first kappa shape index (κ1) is 13.0. The predicted molar refractivity (Wildman–Crippen MR) is 59.1 cm³/mol. The fraction of sp³-hybridized carbons (Fsp3) is 1.00. The van der Waals surface area contributed by atoms with Gasteiger partial charge in [0.25, 0.3) is 0 Å². The van der Waals surface area contributed by atoms with Crippen LogP contribution in [0.15, 0.2) is 0 Å². The Balaban J connectivity index is 3.25. The van der Waals surface area contributed by atoms with Crippen molar-refractivity contribution in [3.8, 4) is 0 Å². The number of methoxy groups -OCH3 is 1. The summed E-state index contributed by atoms with van der Waals surface area (Å²) >= 11 is 0. The van der Waals surface area contributed by atoms with Gasteiger partial charge in [-0.15, -0.1) is 0 Å². The highest BCUT2D eigenvalue weighted by Crippen LogP contribution is 2.12. The lowest BCUT2D eigenvalue weighted by atomic mass is 10.0. The van der Waals surface area contributed by atoms with Gasteiger partial charge in [-0.05, 0) is 12.8 Å². The van der Waals surface area contributed by atoms with Gasteiger partial charge in [-0.2, -0.15) is 0 Å². The summed E-state index contributed by atoms with van der Waals surface area (Å²) in [5.74, 6) is 0. The lowest BCUT2D eigenvalue weighted by Crippen LogP contribution is -2.09. The van der Waals surface area contributed by atoms with Crippen LogP contribution >= 0.6 is 0 Å². The molecule has 0 fully saturated rings. The van der Waals surface area contributed by atoms with Crippen molar-refractivity contribution >= 4 is 0 Å². The van der Waals surface area contributed by atoms with Crippen molar-refractivity contribution in [3.63, 3.8) is 0 Å². The molecule has 0 N–H and O–H groups in total. The average Bonchev–Trinajstić information content (AvgIpc) is 2.17. The fourth-order valence-corrected chi connectivity index (χ4v) is 1.61. The van der Waals surface area contributed by atoms with E-state index in [1.807, 2.05) is 7.11 Å². The highest BCUT2D eigenvalue weighted by atomic mass is 16.5. The van der Waals surface area contributed by atoms with Gasteiger partial charge < -0.3 is 4.74 Å². The second kappa shape index (κ2) is 10.0. The first-order valence-corrected chi connectivity index (χ1v) is 5.87. The van der Waals surface area contributed by atoms with Crippen LogP contribution in [0.1, 0.15) is 65.2 Å².